The number of hydrogen-bond acceptors (Lipinski definition) is 2. The first kappa shape index (κ1) is 9.01. The summed E-state index contributed by atoms with van der Waals surface area (Å²) in [4.78, 5) is 2.38. The van der Waals surface area contributed by atoms with Gasteiger partial charge < -0.3 is 10.0 Å². The maximum atomic E-state index is 8.83. The third kappa shape index (κ3) is 2.46. The van der Waals surface area contributed by atoms with Crippen molar-refractivity contribution < 1.29 is 5.11 Å². The molecule has 11 heavy (non-hydrogen) atoms. The largest absolute Gasteiger partial charge is 0.396 e. The van der Waals surface area contributed by atoms with E-state index in [0.717, 1.165) is 12.6 Å². The number of nitrogens with zero attached hydrogens (tertiary/aromatic N) is 1. The molecule has 66 valence electrons. The van der Waals surface area contributed by atoms with Crippen LogP contribution in [0.5, 0.6) is 0 Å². The van der Waals surface area contributed by atoms with Gasteiger partial charge in [0.15, 0.2) is 0 Å². The first-order valence-corrected chi connectivity index (χ1v) is 4.55. The molecular formula is C9H19NO. The number of rotatable bonds is 4. The Morgan fingerprint density at radius 2 is 2.18 bits per heavy atom. The highest BCUT2D eigenvalue weighted by Gasteiger charge is 2.22. The predicted octanol–water partition coefficient (Wildman–Crippen LogP) is 1.10. The molecule has 2 nitrogen and oxygen atoms in total. The lowest BCUT2D eigenvalue weighted by atomic mass is 9.91. The SMILES string of the molecule is CC(CO)CN(C)C1CCC1. The number of aliphatic hydroxyl groups is 1. The Hall–Kier alpha value is -0.0800. The first-order chi connectivity index (χ1) is 5.24. The summed E-state index contributed by atoms with van der Waals surface area (Å²) in [5.41, 5.74) is 0. The second-order valence-electron chi connectivity index (χ2n) is 3.81. The Bertz CT molecular complexity index is 112. The lowest BCUT2D eigenvalue weighted by Gasteiger charge is -2.35. The summed E-state index contributed by atoms with van der Waals surface area (Å²) in [5, 5.41) is 8.83. The molecule has 2 heteroatoms. The lowest BCUT2D eigenvalue weighted by molar-refractivity contribution is 0.118. The molecule has 0 aromatic heterocycles. The molecule has 0 bridgehead atoms. The second kappa shape index (κ2) is 4.07. The van der Waals surface area contributed by atoms with Crippen LogP contribution in [0.1, 0.15) is 26.2 Å². The van der Waals surface area contributed by atoms with Crippen LogP contribution in [-0.2, 0) is 0 Å². The minimum atomic E-state index is 0.317. The molecular weight excluding hydrogens is 138 g/mol. The molecule has 0 amide bonds. The smallest absolute Gasteiger partial charge is 0.0468 e. The van der Waals surface area contributed by atoms with Crippen molar-refractivity contribution in [3.8, 4) is 0 Å². The number of aliphatic hydroxyl groups excluding tert-OH is 1. The fraction of sp³-hybridized carbons (Fsp3) is 1.00. The van der Waals surface area contributed by atoms with Crippen molar-refractivity contribution in [1.29, 1.82) is 0 Å². The zero-order valence-electron chi connectivity index (χ0n) is 7.58. The Morgan fingerprint density at radius 1 is 1.55 bits per heavy atom. The van der Waals surface area contributed by atoms with Gasteiger partial charge in [-0.25, -0.2) is 0 Å². The molecule has 1 atom stereocenters. The van der Waals surface area contributed by atoms with E-state index in [9.17, 15) is 0 Å². The molecule has 0 saturated heterocycles. The quantitative estimate of drug-likeness (QED) is 0.660. The van der Waals surface area contributed by atoms with Gasteiger partial charge in [-0.05, 0) is 25.8 Å². The van der Waals surface area contributed by atoms with E-state index >= 15 is 0 Å². The van der Waals surface area contributed by atoms with Crippen molar-refractivity contribution in [1.82, 2.24) is 4.90 Å². The van der Waals surface area contributed by atoms with Gasteiger partial charge in [0.2, 0.25) is 0 Å². The first-order valence-electron chi connectivity index (χ1n) is 4.55. The fourth-order valence-electron chi connectivity index (χ4n) is 1.53. The Labute approximate surface area is 69.2 Å². The van der Waals surface area contributed by atoms with Gasteiger partial charge in [-0.2, -0.15) is 0 Å². The van der Waals surface area contributed by atoms with Crippen molar-refractivity contribution in [2.45, 2.75) is 32.2 Å². The summed E-state index contributed by atoms with van der Waals surface area (Å²) < 4.78 is 0. The van der Waals surface area contributed by atoms with Gasteiger partial charge >= 0.3 is 0 Å². The standard InChI is InChI=1S/C9H19NO/c1-8(7-11)6-10(2)9-4-3-5-9/h8-9,11H,3-7H2,1-2H3. The monoisotopic (exact) mass is 157 g/mol. The van der Waals surface area contributed by atoms with E-state index in [1.807, 2.05) is 0 Å². The van der Waals surface area contributed by atoms with Crippen LogP contribution in [0.4, 0.5) is 0 Å². The van der Waals surface area contributed by atoms with E-state index in [-0.39, 0.29) is 0 Å². The summed E-state index contributed by atoms with van der Waals surface area (Å²) >= 11 is 0. The normalized spacial score (nSPS) is 21.8. The van der Waals surface area contributed by atoms with Crippen LogP contribution in [0.3, 0.4) is 0 Å². The van der Waals surface area contributed by atoms with E-state index in [2.05, 4.69) is 18.9 Å². The van der Waals surface area contributed by atoms with Crippen LogP contribution in [0, 0.1) is 5.92 Å². The van der Waals surface area contributed by atoms with Crippen molar-refractivity contribution in [2.24, 2.45) is 5.92 Å². The fourth-order valence-corrected chi connectivity index (χ4v) is 1.53. The average molecular weight is 157 g/mol. The van der Waals surface area contributed by atoms with Gasteiger partial charge in [-0.1, -0.05) is 13.3 Å². The minimum Gasteiger partial charge on any atom is -0.396 e. The Morgan fingerprint density at radius 3 is 2.55 bits per heavy atom. The molecule has 1 saturated carbocycles. The van der Waals surface area contributed by atoms with Crippen molar-refractivity contribution in [2.75, 3.05) is 20.2 Å². The molecule has 0 aliphatic heterocycles. The predicted molar refractivity (Wildman–Crippen MR) is 46.5 cm³/mol. The molecule has 0 radical (unpaired) electrons. The zero-order valence-corrected chi connectivity index (χ0v) is 7.58. The summed E-state index contributed by atoms with van der Waals surface area (Å²) in [6.45, 7) is 3.45. The van der Waals surface area contributed by atoms with Gasteiger partial charge in [0.05, 0.1) is 0 Å². The zero-order chi connectivity index (χ0) is 8.27. The third-order valence-corrected chi connectivity index (χ3v) is 2.61. The molecule has 0 aromatic rings. The van der Waals surface area contributed by atoms with E-state index < -0.39 is 0 Å². The van der Waals surface area contributed by atoms with Crippen LogP contribution in [-0.4, -0.2) is 36.2 Å². The molecule has 0 spiro atoms. The molecule has 1 rings (SSSR count). The van der Waals surface area contributed by atoms with Gasteiger partial charge in [-0.3, -0.25) is 0 Å². The molecule has 1 aliphatic carbocycles. The van der Waals surface area contributed by atoms with E-state index in [0.29, 0.717) is 12.5 Å². The van der Waals surface area contributed by atoms with E-state index in [1.54, 1.807) is 0 Å². The van der Waals surface area contributed by atoms with Gasteiger partial charge in [0.25, 0.3) is 0 Å². The van der Waals surface area contributed by atoms with Crippen LogP contribution < -0.4 is 0 Å². The van der Waals surface area contributed by atoms with Gasteiger partial charge in [-0.15, -0.1) is 0 Å². The highest BCUT2D eigenvalue weighted by Crippen LogP contribution is 2.23. The summed E-state index contributed by atoms with van der Waals surface area (Å²) in [6, 6.07) is 0.809. The third-order valence-electron chi connectivity index (χ3n) is 2.61. The van der Waals surface area contributed by atoms with E-state index in [4.69, 9.17) is 5.11 Å². The molecule has 1 fully saturated rings. The summed E-state index contributed by atoms with van der Waals surface area (Å²) in [6.07, 6.45) is 4.10. The summed E-state index contributed by atoms with van der Waals surface area (Å²) in [7, 11) is 2.16. The highest BCUT2D eigenvalue weighted by atomic mass is 16.3. The molecule has 1 unspecified atom stereocenters. The maximum Gasteiger partial charge on any atom is 0.0468 e. The van der Waals surface area contributed by atoms with Crippen LogP contribution >= 0.6 is 0 Å². The van der Waals surface area contributed by atoms with Gasteiger partial charge in [0.1, 0.15) is 0 Å². The average Bonchev–Trinajstić information content (AvgIpc) is 1.83. The van der Waals surface area contributed by atoms with E-state index in [1.165, 1.54) is 19.3 Å². The highest BCUT2D eigenvalue weighted by molar-refractivity contribution is 4.78. The Balaban J connectivity index is 2.13. The molecule has 0 aromatic carbocycles. The topological polar surface area (TPSA) is 23.5 Å². The van der Waals surface area contributed by atoms with Gasteiger partial charge in [0, 0.05) is 19.2 Å². The van der Waals surface area contributed by atoms with Crippen LogP contribution in [0.2, 0.25) is 0 Å². The minimum absolute atomic E-state index is 0.317. The number of hydrogen-bond donors (Lipinski definition) is 1. The maximum absolute atomic E-state index is 8.83. The Kier molecular flexibility index (Phi) is 3.34. The second-order valence-corrected chi connectivity index (χ2v) is 3.81. The molecule has 1 aliphatic rings. The van der Waals surface area contributed by atoms with Crippen LogP contribution in [0.15, 0.2) is 0 Å². The van der Waals surface area contributed by atoms with Crippen molar-refractivity contribution in [3.63, 3.8) is 0 Å². The molecule has 0 heterocycles. The van der Waals surface area contributed by atoms with Crippen molar-refractivity contribution in [3.05, 3.63) is 0 Å². The summed E-state index contributed by atoms with van der Waals surface area (Å²) in [5.74, 6) is 0.431. The molecule has 1 N–H and O–H groups in total. The van der Waals surface area contributed by atoms with Crippen molar-refractivity contribution >= 4 is 0 Å². The van der Waals surface area contributed by atoms with Crippen LogP contribution in [0.25, 0.3) is 0 Å². The lowest BCUT2D eigenvalue weighted by Crippen LogP contribution is -2.40.